The van der Waals surface area contributed by atoms with Gasteiger partial charge in [0.15, 0.2) is 0 Å². The summed E-state index contributed by atoms with van der Waals surface area (Å²) in [5, 5.41) is 0. The van der Waals surface area contributed by atoms with Crippen molar-refractivity contribution in [2.45, 2.75) is 44.6 Å². The molecule has 1 aliphatic carbocycles. The molecule has 0 radical (unpaired) electrons. The maximum Gasteiger partial charge on any atom is 0.0180 e. The van der Waals surface area contributed by atoms with Gasteiger partial charge in [-0.3, -0.25) is 0 Å². The van der Waals surface area contributed by atoms with Crippen LogP contribution in [0.1, 0.15) is 38.5 Å². The zero-order valence-corrected chi connectivity index (χ0v) is 8.54. The van der Waals surface area contributed by atoms with Gasteiger partial charge in [-0.1, -0.05) is 25.7 Å². The van der Waals surface area contributed by atoms with Crippen molar-refractivity contribution in [1.29, 1.82) is 0 Å². The van der Waals surface area contributed by atoms with Gasteiger partial charge in [0, 0.05) is 12.6 Å². The fourth-order valence-electron chi connectivity index (χ4n) is 2.73. The van der Waals surface area contributed by atoms with Crippen LogP contribution in [-0.4, -0.2) is 30.6 Å². The van der Waals surface area contributed by atoms with Crippen molar-refractivity contribution in [3.05, 3.63) is 0 Å². The highest BCUT2D eigenvalue weighted by molar-refractivity contribution is 4.78. The molecular weight excluding hydrogens is 160 g/mol. The number of rotatable bonds is 3. The van der Waals surface area contributed by atoms with Gasteiger partial charge in [-0.2, -0.15) is 0 Å². The first-order valence-electron chi connectivity index (χ1n) is 5.82. The first kappa shape index (κ1) is 9.47. The van der Waals surface area contributed by atoms with Crippen molar-refractivity contribution in [2.24, 2.45) is 11.7 Å². The Labute approximate surface area is 81.5 Å². The van der Waals surface area contributed by atoms with Gasteiger partial charge >= 0.3 is 0 Å². The molecule has 2 N–H and O–H groups in total. The fourth-order valence-corrected chi connectivity index (χ4v) is 2.73. The van der Waals surface area contributed by atoms with Gasteiger partial charge < -0.3 is 10.6 Å². The van der Waals surface area contributed by atoms with E-state index in [9.17, 15) is 0 Å². The molecule has 0 aromatic heterocycles. The molecule has 0 aromatic rings. The summed E-state index contributed by atoms with van der Waals surface area (Å²) in [5.74, 6) is 1.04. The molecule has 13 heavy (non-hydrogen) atoms. The summed E-state index contributed by atoms with van der Waals surface area (Å²) in [4.78, 5) is 2.54. The maximum atomic E-state index is 5.87. The molecule has 2 heteroatoms. The lowest BCUT2D eigenvalue weighted by Gasteiger charge is -2.17. The first-order chi connectivity index (χ1) is 6.34. The van der Waals surface area contributed by atoms with E-state index in [1.54, 1.807) is 0 Å². The van der Waals surface area contributed by atoms with Crippen molar-refractivity contribution in [1.82, 2.24) is 4.90 Å². The molecule has 1 saturated heterocycles. The van der Waals surface area contributed by atoms with Crippen LogP contribution in [-0.2, 0) is 0 Å². The van der Waals surface area contributed by atoms with Gasteiger partial charge in [-0.25, -0.2) is 0 Å². The van der Waals surface area contributed by atoms with Crippen LogP contribution in [0.5, 0.6) is 0 Å². The van der Waals surface area contributed by atoms with Gasteiger partial charge in [0.2, 0.25) is 0 Å². The van der Waals surface area contributed by atoms with Gasteiger partial charge in [0.05, 0.1) is 0 Å². The largest absolute Gasteiger partial charge is 0.326 e. The Bertz CT molecular complexity index is 152. The lowest BCUT2D eigenvalue weighted by molar-refractivity contribution is 0.300. The molecule has 0 amide bonds. The minimum absolute atomic E-state index is 0.462. The molecule has 0 aromatic carbocycles. The molecule has 1 saturated carbocycles. The summed E-state index contributed by atoms with van der Waals surface area (Å²) < 4.78 is 0. The number of hydrogen-bond donors (Lipinski definition) is 1. The SMILES string of the molecule is NC1CCN(CCC2CCCC2)C1. The van der Waals surface area contributed by atoms with Gasteiger partial charge in [0.1, 0.15) is 0 Å². The number of hydrogen-bond acceptors (Lipinski definition) is 2. The Hall–Kier alpha value is -0.0800. The van der Waals surface area contributed by atoms with E-state index in [2.05, 4.69) is 4.90 Å². The highest BCUT2D eigenvalue weighted by Gasteiger charge is 2.21. The molecule has 0 bridgehead atoms. The number of nitrogens with zero attached hydrogens (tertiary/aromatic N) is 1. The van der Waals surface area contributed by atoms with Crippen LogP contribution in [0, 0.1) is 5.92 Å². The fraction of sp³-hybridized carbons (Fsp3) is 1.00. The summed E-state index contributed by atoms with van der Waals surface area (Å²) in [6, 6.07) is 0.462. The quantitative estimate of drug-likeness (QED) is 0.718. The Balaban J connectivity index is 1.62. The van der Waals surface area contributed by atoms with Crippen molar-refractivity contribution in [3.63, 3.8) is 0 Å². The summed E-state index contributed by atoms with van der Waals surface area (Å²) in [7, 11) is 0. The van der Waals surface area contributed by atoms with Crippen LogP contribution in [0.4, 0.5) is 0 Å². The molecule has 1 aliphatic heterocycles. The maximum absolute atomic E-state index is 5.87. The average molecular weight is 182 g/mol. The van der Waals surface area contributed by atoms with Crippen LogP contribution in [0.2, 0.25) is 0 Å². The van der Waals surface area contributed by atoms with E-state index in [-0.39, 0.29) is 0 Å². The van der Waals surface area contributed by atoms with Crippen molar-refractivity contribution in [2.75, 3.05) is 19.6 Å². The summed E-state index contributed by atoms with van der Waals surface area (Å²) in [5.41, 5.74) is 5.87. The third kappa shape index (κ3) is 2.68. The topological polar surface area (TPSA) is 29.3 Å². The van der Waals surface area contributed by atoms with E-state index in [1.165, 1.54) is 51.6 Å². The first-order valence-corrected chi connectivity index (χ1v) is 5.82. The molecule has 1 unspecified atom stereocenters. The highest BCUT2D eigenvalue weighted by atomic mass is 15.2. The van der Waals surface area contributed by atoms with Crippen LogP contribution in [0.15, 0.2) is 0 Å². The van der Waals surface area contributed by atoms with Crippen LogP contribution >= 0.6 is 0 Å². The molecule has 0 spiro atoms. The Morgan fingerprint density at radius 2 is 1.92 bits per heavy atom. The van der Waals surface area contributed by atoms with E-state index in [4.69, 9.17) is 5.73 Å². The molecule has 2 rings (SSSR count). The van der Waals surface area contributed by atoms with Gasteiger partial charge in [-0.15, -0.1) is 0 Å². The number of nitrogens with two attached hydrogens (primary N) is 1. The van der Waals surface area contributed by atoms with E-state index < -0.39 is 0 Å². The smallest absolute Gasteiger partial charge is 0.0180 e. The second kappa shape index (κ2) is 4.43. The average Bonchev–Trinajstić information content (AvgIpc) is 2.71. The molecule has 2 nitrogen and oxygen atoms in total. The minimum Gasteiger partial charge on any atom is -0.326 e. The van der Waals surface area contributed by atoms with Crippen molar-refractivity contribution >= 4 is 0 Å². The highest BCUT2D eigenvalue weighted by Crippen LogP contribution is 2.27. The molecular formula is C11H22N2. The van der Waals surface area contributed by atoms with E-state index >= 15 is 0 Å². The second-order valence-electron chi connectivity index (χ2n) is 4.79. The monoisotopic (exact) mass is 182 g/mol. The molecule has 1 atom stereocenters. The second-order valence-corrected chi connectivity index (χ2v) is 4.79. The van der Waals surface area contributed by atoms with Crippen LogP contribution in [0.25, 0.3) is 0 Å². The third-order valence-corrected chi connectivity index (χ3v) is 3.64. The third-order valence-electron chi connectivity index (χ3n) is 3.64. The molecule has 2 fully saturated rings. The lowest BCUT2D eigenvalue weighted by Crippen LogP contribution is -2.28. The van der Waals surface area contributed by atoms with Crippen molar-refractivity contribution in [3.8, 4) is 0 Å². The normalized spacial score (nSPS) is 31.6. The lowest BCUT2D eigenvalue weighted by atomic mass is 10.0. The van der Waals surface area contributed by atoms with E-state index in [1.807, 2.05) is 0 Å². The summed E-state index contributed by atoms with van der Waals surface area (Å²) >= 11 is 0. The standard InChI is InChI=1S/C11H22N2/c12-11-6-8-13(9-11)7-5-10-3-1-2-4-10/h10-11H,1-9,12H2. The number of likely N-dealkylation sites (tertiary alicyclic amines) is 1. The Morgan fingerprint density at radius 1 is 1.15 bits per heavy atom. The molecule has 2 aliphatic rings. The van der Waals surface area contributed by atoms with E-state index in [0.29, 0.717) is 6.04 Å². The van der Waals surface area contributed by atoms with Gasteiger partial charge in [0.25, 0.3) is 0 Å². The Kier molecular flexibility index (Phi) is 3.23. The molecule has 76 valence electrons. The summed E-state index contributed by atoms with van der Waals surface area (Å²) in [6.07, 6.45) is 8.56. The predicted octanol–water partition coefficient (Wildman–Crippen LogP) is 1.60. The van der Waals surface area contributed by atoms with Crippen LogP contribution < -0.4 is 5.73 Å². The predicted molar refractivity (Wildman–Crippen MR) is 55.6 cm³/mol. The zero-order valence-electron chi connectivity index (χ0n) is 8.54. The zero-order chi connectivity index (χ0) is 9.10. The Morgan fingerprint density at radius 3 is 2.54 bits per heavy atom. The van der Waals surface area contributed by atoms with Gasteiger partial charge in [-0.05, 0) is 31.8 Å². The van der Waals surface area contributed by atoms with Crippen molar-refractivity contribution < 1.29 is 0 Å². The minimum atomic E-state index is 0.462. The summed E-state index contributed by atoms with van der Waals surface area (Å²) in [6.45, 7) is 3.69. The molecule has 1 heterocycles. The van der Waals surface area contributed by atoms with Crippen LogP contribution in [0.3, 0.4) is 0 Å². The van der Waals surface area contributed by atoms with E-state index in [0.717, 1.165) is 12.5 Å².